The summed E-state index contributed by atoms with van der Waals surface area (Å²) in [7, 11) is 0. The van der Waals surface area contributed by atoms with Gasteiger partial charge in [0.25, 0.3) is 5.91 Å². The summed E-state index contributed by atoms with van der Waals surface area (Å²) >= 11 is 0. The lowest BCUT2D eigenvalue weighted by molar-refractivity contribution is -0.125. The van der Waals surface area contributed by atoms with E-state index in [0.717, 1.165) is 11.3 Å². The molecular formula is C22H26N2O6. The number of rotatable bonds is 6. The fourth-order valence-corrected chi connectivity index (χ4v) is 3.46. The van der Waals surface area contributed by atoms with E-state index >= 15 is 0 Å². The summed E-state index contributed by atoms with van der Waals surface area (Å²) in [6.07, 6.45) is 0.355. The molecule has 0 saturated carbocycles. The molecular weight excluding hydrogens is 388 g/mol. The first-order valence-corrected chi connectivity index (χ1v) is 9.86. The van der Waals surface area contributed by atoms with Crippen LogP contribution >= 0.6 is 0 Å². The van der Waals surface area contributed by atoms with E-state index in [0.29, 0.717) is 29.8 Å². The number of para-hydroxylation sites is 1. The number of aryl methyl sites for hydroxylation is 1. The summed E-state index contributed by atoms with van der Waals surface area (Å²) in [5.41, 5.74) is 2.27. The minimum atomic E-state index is -0.707. The van der Waals surface area contributed by atoms with Crippen molar-refractivity contribution in [3.8, 4) is 5.75 Å². The van der Waals surface area contributed by atoms with Gasteiger partial charge in [0.2, 0.25) is 0 Å². The van der Waals surface area contributed by atoms with Crippen molar-refractivity contribution in [2.45, 2.75) is 46.3 Å². The Balaban J connectivity index is 1.61. The van der Waals surface area contributed by atoms with Crippen LogP contribution in [0.4, 0.5) is 0 Å². The molecule has 1 amide bonds. The van der Waals surface area contributed by atoms with E-state index in [4.69, 9.17) is 14.2 Å². The van der Waals surface area contributed by atoms with Crippen LogP contribution in [-0.2, 0) is 14.3 Å². The average Bonchev–Trinajstić information content (AvgIpc) is 3.00. The predicted octanol–water partition coefficient (Wildman–Crippen LogP) is 2.99. The van der Waals surface area contributed by atoms with Gasteiger partial charge in [0.15, 0.2) is 6.61 Å². The highest BCUT2D eigenvalue weighted by Crippen LogP contribution is 2.31. The molecule has 0 saturated heterocycles. The van der Waals surface area contributed by atoms with Gasteiger partial charge in [0.1, 0.15) is 11.4 Å². The van der Waals surface area contributed by atoms with Crippen LogP contribution in [0.15, 0.2) is 24.3 Å². The van der Waals surface area contributed by atoms with Crippen LogP contribution < -0.4 is 10.1 Å². The second-order valence-corrected chi connectivity index (χ2v) is 7.45. The van der Waals surface area contributed by atoms with Gasteiger partial charge in [-0.05, 0) is 39.3 Å². The fraction of sp³-hybridized carbons (Fsp3) is 0.409. The first-order chi connectivity index (χ1) is 14.3. The number of hydrogen-bond donors (Lipinski definition) is 2. The van der Waals surface area contributed by atoms with Gasteiger partial charge in [-0.15, -0.1) is 0 Å². The Hall–Kier alpha value is -3.29. The van der Waals surface area contributed by atoms with Crippen molar-refractivity contribution in [2.24, 2.45) is 0 Å². The van der Waals surface area contributed by atoms with Gasteiger partial charge >= 0.3 is 11.9 Å². The SMILES string of the molecule is Cc1[nH]c(C(=O)OCC(=O)NC2CCOc3ccccc32)c(C)c1C(=O)OC(C)C. The fourth-order valence-electron chi connectivity index (χ4n) is 3.46. The van der Waals surface area contributed by atoms with Crippen LogP contribution in [0, 0.1) is 13.8 Å². The lowest BCUT2D eigenvalue weighted by Crippen LogP contribution is -2.35. The molecule has 8 nitrogen and oxygen atoms in total. The molecule has 1 aliphatic heterocycles. The number of amides is 1. The van der Waals surface area contributed by atoms with Gasteiger partial charge in [0.05, 0.1) is 24.3 Å². The molecule has 2 heterocycles. The molecule has 0 aliphatic carbocycles. The van der Waals surface area contributed by atoms with Crippen molar-refractivity contribution < 1.29 is 28.6 Å². The van der Waals surface area contributed by atoms with Gasteiger partial charge in [0, 0.05) is 17.7 Å². The van der Waals surface area contributed by atoms with Gasteiger partial charge in [-0.25, -0.2) is 9.59 Å². The predicted molar refractivity (Wildman–Crippen MR) is 109 cm³/mol. The Morgan fingerprint density at radius 2 is 1.93 bits per heavy atom. The lowest BCUT2D eigenvalue weighted by atomic mass is 10.0. The van der Waals surface area contributed by atoms with E-state index in [1.807, 2.05) is 24.3 Å². The first kappa shape index (κ1) is 21.4. The number of carbonyl (C=O) groups is 3. The number of hydrogen-bond acceptors (Lipinski definition) is 6. The molecule has 0 radical (unpaired) electrons. The topological polar surface area (TPSA) is 107 Å². The van der Waals surface area contributed by atoms with Gasteiger partial charge < -0.3 is 24.5 Å². The highest BCUT2D eigenvalue weighted by atomic mass is 16.5. The Morgan fingerprint density at radius 3 is 2.67 bits per heavy atom. The second-order valence-electron chi connectivity index (χ2n) is 7.45. The number of carbonyl (C=O) groups excluding carboxylic acids is 3. The molecule has 2 aromatic rings. The molecule has 0 spiro atoms. The number of nitrogens with one attached hydrogen (secondary N) is 2. The quantitative estimate of drug-likeness (QED) is 0.704. The average molecular weight is 414 g/mol. The molecule has 1 aliphatic rings. The van der Waals surface area contributed by atoms with E-state index in [1.54, 1.807) is 27.7 Å². The third kappa shape index (κ3) is 4.64. The first-order valence-electron chi connectivity index (χ1n) is 9.86. The Bertz CT molecular complexity index is 963. The van der Waals surface area contributed by atoms with E-state index in [-0.39, 0.29) is 17.8 Å². The van der Waals surface area contributed by atoms with Crippen molar-refractivity contribution in [3.63, 3.8) is 0 Å². The van der Waals surface area contributed by atoms with Crippen LogP contribution in [0.3, 0.4) is 0 Å². The van der Waals surface area contributed by atoms with E-state index in [2.05, 4.69) is 10.3 Å². The summed E-state index contributed by atoms with van der Waals surface area (Å²) in [5.74, 6) is -0.886. The lowest BCUT2D eigenvalue weighted by Gasteiger charge is -2.26. The number of aromatic nitrogens is 1. The smallest absolute Gasteiger partial charge is 0.355 e. The van der Waals surface area contributed by atoms with Crippen LogP contribution in [0.5, 0.6) is 5.75 Å². The molecule has 3 rings (SSSR count). The molecule has 2 N–H and O–H groups in total. The summed E-state index contributed by atoms with van der Waals surface area (Å²) in [6.45, 7) is 6.88. The number of esters is 2. The number of H-pyrrole nitrogens is 1. The standard InChI is InChI=1S/C22H26N2O6/c1-12(2)30-21(26)19-13(3)20(23-14(19)4)22(27)29-11-18(25)24-16-9-10-28-17-8-6-5-7-15(16)17/h5-8,12,16,23H,9-11H2,1-4H3,(H,24,25). The molecule has 1 aromatic heterocycles. The maximum atomic E-state index is 12.5. The van der Waals surface area contributed by atoms with E-state index in [9.17, 15) is 14.4 Å². The van der Waals surface area contributed by atoms with Crippen molar-refractivity contribution in [2.75, 3.05) is 13.2 Å². The minimum absolute atomic E-state index is 0.132. The normalized spacial score (nSPS) is 15.2. The second kappa shape index (κ2) is 9.02. The molecule has 30 heavy (non-hydrogen) atoms. The van der Waals surface area contributed by atoms with Crippen LogP contribution in [0.2, 0.25) is 0 Å². The third-order valence-electron chi connectivity index (χ3n) is 4.82. The molecule has 8 heteroatoms. The molecule has 1 unspecified atom stereocenters. The number of benzene rings is 1. The van der Waals surface area contributed by atoms with Crippen molar-refractivity contribution in [1.82, 2.24) is 10.3 Å². The molecule has 0 bridgehead atoms. The largest absolute Gasteiger partial charge is 0.493 e. The van der Waals surface area contributed by atoms with Crippen LogP contribution in [-0.4, -0.2) is 42.1 Å². The zero-order valence-electron chi connectivity index (χ0n) is 17.5. The van der Waals surface area contributed by atoms with E-state index < -0.39 is 24.5 Å². The number of aromatic amines is 1. The summed E-state index contributed by atoms with van der Waals surface area (Å²) < 4.78 is 16.0. The molecule has 1 atom stereocenters. The number of ether oxygens (including phenoxy) is 3. The Morgan fingerprint density at radius 1 is 1.20 bits per heavy atom. The van der Waals surface area contributed by atoms with Gasteiger partial charge in [-0.2, -0.15) is 0 Å². The zero-order chi connectivity index (χ0) is 21.8. The maximum Gasteiger partial charge on any atom is 0.355 e. The monoisotopic (exact) mass is 414 g/mol. The van der Waals surface area contributed by atoms with Gasteiger partial charge in [-0.3, -0.25) is 4.79 Å². The number of fused-ring (bicyclic) bond motifs is 1. The van der Waals surface area contributed by atoms with Crippen LogP contribution in [0.1, 0.15) is 64.0 Å². The molecule has 1 aromatic carbocycles. The van der Waals surface area contributed by atoms with E-state index in [1.165, 1.54) is 0 Å². The Kier molecular flexibility index (Phi) is 6.44. The van der Waals surface area contributed by atoms with Crippen LogP contribution in [0.25, 0.3) is 0 Å². The zero-order valence-corrected chi connectivity index (χ0v) is 17.5. The highest BCUT2D eigenvalue weighted by molar-refractivity contribution is 5.99. The summed E-state index contributed by atoms with van der Waals surface area (Å²) in [5, 5.41) is 2.87. The van der Waals surface area contributed by atoms with Gasteiger partial charge in [-0.1, -0.05) is 18.2 Å². The van der Waals surface area contributed by atoms with Crippen molar-refractivity contribution in [1.29, 1.82) is 0 Å². The Labute approximate surface area is 174 Å². The summed E-state index contributed by atoms with van der Waals surface area (Å²) in [4.78, 5) is 39.9. The minimum Gasteiger partial charge on any atom is -0.493 e. The maximum absolute atomic E-state index is 12.5. The highest BCUT2D eigenvalue weighted by Gasteiger charge is 2.26. The van der Waals surface area contributed by atoms with Crippen molar-refractivity contribution >= 4 is 17.8 Å². The molecule has 0 fully saturated rings. The third-order valence-corrected chi connectivity index (χ3v) is 4.82. The molecule has 160 valence electrons. The summed E-state index contributed by atoms with van der Waals surface area (Å²) in [6, 6.07) is 7.30. The van der Waals surface area contributed by atoms with Crippen molar-refractivity contribution in [3.05, 3.63) is 52.3 Å².